The molecule has 136 valence electrons. The minimum absolute atomic E-state index is 0.111. The molecule has 0 aliphatic carbocycles. The van der Waals surface area contributed by atoms with Crippen LogP contribution in [0.15, 0.2) is 42.5 Å². The fourth-order valence-corrected chi connectivity index (χ4v) is 2.87. The van der Waals surface area contributed by atoms with Crippen LogP contribution < -0.4 is 14.8 Å². The van der Waals surface area contributed by atoms with Crippen LogP contribution in [0.3, 0.4) is 0 Å². The van der Waals surface area contributed by atoms with E-state index in [4.69, 9.17) is 9.47 Å². The van der Waals surface area contributed by atoms with Gasteiger partial charge in [-0.3, -0.25) is 14.9 Å². The predicted octanol–water partition coefficient (Wildman–Crippen LogP) is 3.49. The van der Waals surface area contributed by atoms with Crippen molar-refractivity contribution < 1.29 is 19.2 Å². The van der Waals surface area contributed by atoms with Crippen molar-refractivity contribution >= 4 is 11.6 Å². The van der Waals surface area contributed by atoms with Crippen molar-refractivity contribution in [1.82, 2.24) is 5.32 Å². The number of carbonyl (C=O) groups is 1. The normalized spacial score (nSPS) is 14.0. The molecule has 0 fully saturated rings. The lowest BCUT2D eigenvalue weighted by atomic mass is 9.95. The van der Waals surface area contributed by atoms with Crippen molar-refractivity contribution in [3.63, 3.8) is 0 Å². The third kappa shape index (κ3) is 3.77. The summed E-state index contributed by atoms with van der Waals surface area (Å²) in [4.78, 5) is 23.0. The summed E-state index contributed by atoms with van der Waals surface area (Å²) in [6, 6.07) is 11.0. The van der Waals surface area contributed by atoms with Gasteiger partial charge in [0.1, 0.15) is 13.2 Å². The standard InChI is InChI=1S/C19H20N2O5/c1-12(2)18(13-6-7-16-17(11-13)26-9-8-25-16)20-19(22)14-4-3-5-15(10-14)21(23)24/h3-7,10-12,18H,8-9H2,1-2H3,(H,20,22)/t18-/m1/s1. The van der Waals surface area contributed by atoms with Gasteiger partial charge < -0.3 is 14.8 Å². The molecule has 7 nitrogen and oxygen atoms in total. The molecule has 0 bridgehead atoms. The fraction of sp³-hybridized carbons (Fsp3) is 0.316. The molecule has 2 aromatic carbocycles. The second-order valence-electron chi connectivity index (χ2n) is 6.41. The second kappa shape index (κ2) is 7.43. The minimum atomic E-state index is -0.516. The Labute approximate surface area is 151 Å². The van der Waals surface area contributed by atoms with Crippen LogP contribution >= 0.6 is 0 Å². The molecule has 0 spiro atoms. The first-order chi connectivity index (χ1) is 12.5. The fourth-order valence-electron chi connectivity index (χ4n) is 2.87. The summed E-state index contributed by atoms with van der Waals surface area (Å²) in [7, 11) is 0. The first-order valence-electron chi connectivity index (χ1n) is 8.40. The number of benzene rings is 2. The van der Waals surface area contributed by atoms with E-state index in [2.05, 4.69) is 5.32 Å². The average Bonchev–Trinajstić information content (AvgIpc) is 2.65. The van der Waals surface area contributed by atoms with Crippen LogP contribution in [0.1, 0.15) is 35.8 Å². The van der Waals surface area contributed by atoms with Crippen molar-refractivity contribution in [3.05, 3.63) is 63.7 Å². The number of carbonyl (C=O) groups excluding carboxylic acids is 1. The zero-order valence-corrected chi connectivity index (χ0v) is 14.6. The molecule has 7 heteroatoms. The highest BCUT2D eigenvalue weighted by Crippen LogP contribution is 2.34. The SMILES string of the molecule is CC(C)[C@@H](NC(=O)c1cccc([N+](=O)[O-])c1)c1ccc2c(c1)OCCO2. The maximum atomic E-state index is 12.6. The van der Waals surface area contributed by atoms with E-state index < -0.39 is 4.92 Å². The molecule has 26 heavy (non-hydrogen) atoms. The maximum Gasteiger partial charge on any atom is 0.270 e. The van der Waals surface area contributed by atoms with Gasteiger partial charge in [0.15, 0.2) is 11.5 Å². The quantitative estimate of drug-likeness (QED) is 0.654. The molecule has 0 unspecified atom stereocenters. The number of non-ortho nitro benzene ring substituents is 1. The Morgan fingerprint density at radius 1 is 1.12 bits per heavy atom. The highest BCUT2D eigenvalue weighted by Gasteiger charge is 2.22. The Hall–Kier alpha value is -3.09. The van der Waals surface area contributed by atoms with Crippen LogP contribution in [-0.4, -0.2) is 24.0 Å². The number of rotatable bonds is 5. The monoisotopic (exact) mass is 356 g/mol. The Kier molecular flexibility index (Phi) is 5.06. The van der Waals surface area contributed by atoms with Crippen molar-refractivity contribution in [2.24, 2.45) is 5.92 Å². The zero-order chi connectivity index (χ0) is 18.7. The van der Waals surface area contributed by atoms with Crippen LogP contribution in [0.5, 0.6) is 11.5 Å². The van der Waals surface area contributed by atoms with Crippen LogP contribution in [0.25, 0.3) is 0 Å². The zero-order valence-electron chi connectivity index (χ0n) is 14.6. The van der Waals surface area contributed by atoms with Gasteiger partial charge in [-0.2, -0.15) is 0 Å². The lowest BCUT2D eigenvalue weighted by Crippen LogP contribution is -2.32. The molecule has 1 heterocycles. The molecular formula is C19H20N2O5. The average molecular weight is 356 g/mol. The first kappa shape index (κ1) is 17.7. The summed E-state index contributed by atoms with van der Waals surface area (Å²) >= 11 is 0. The molecule has 0 saturated carbocycles. The molecule has 2 aromatic rings. The number of hydrogen-bond donors (Lipinski definition) is 1. The van der Waals surface area contributed by atoms with Gasteiger partial charge in [-0.05, 0) is 29.7 Å². The number of hydrogen-bond acceptors (Lipinski definition) is 5. The second-order valence-corrected chi connectivity index (χ2v) is 6.41. The summed E-state index contributed by atoms with van der Waals surface area (Å²) in [6.45, 7) is 5.00. The number of nitrogens with zero attached hydrogens (tertiary/aromatic N) is 1. The van der Waals surface area contributed by atoms with Crippen molar-refractivity contribution in [2.45, 2.75) is 19.9 Å². The molecular weight excluding hydrogens is 336 g/mol. The van der Waals surface area contributed by atoms with Crippen molar-refractivity contribution in [2.75, 3.05) is 13.2 Å². The largest absolute Gasteiger partial charge is 0.486 e. The van der Waals surface area contributed by atoms with Gasteiger partial charge in [-0.15, -0.1) is 0 Å². The van der Waals surface area contributed by atoms with Crippen molar-refractivity contribution in [3.8, 4) is 11.5 Å². The topological polar surface area (TPSA) is 90.7 Å². The molecule has 1 atom stereocenters. The predicted molar refractivity (Wildman–Crippen MR) is 95.6 cm³/mol. The Morgan fingerprint density at radius 3 is 2.54 bits per heavy atom. The lowest BCUT2D eigenvalue weighted by molar-refractivity contribution is -0.384. The highest BCUT2D eigenvalue weighted by molar-refractivity contribution is 5.95. The third-order valence-electron chi connectivity index (χ3n) is 4.20. The summed E-state index contributed by atoms with van der Waals surface area (Å²) < 4.78 is 11.1. The van der Waals surface area contributed by atoms with E-state index in [9.17, 15) is 14.9 Å². The number of amides is 1. The number of nitrogens with one attached hydrogen (secondary N) is 1. The summed E-state index contributed by atoms with van der Waals surface area (Å²) in [6.07, 6.45) is 0. The maximum absolute atomic E-state index is 12.6. The van der Waals surface area contributed by atoms with E-state index in [1.807, 2.05) is 32.0 Å². The van der Waals surface area contributed by atoms with Crippen LogP contribution in [0.2, 0.25) is 0 Å². The summed E-state index contributed by atoms with van der Waals surface area (Å²) in [5.41, 5.74) is 1.03. The van der Waals surface area contributed by atoms with Gasteiger partial charge in [0.25, 0.3) is 11.6 Å². The van der Waals surface area contributed by atoms with Gasteiger partial charge in [-0.25, -0.2) is 0 Å². The molecule has 0 saturated heterocycles. The number of nitro groups is 1. The van der Waals surface area contributed by atoms with E-state index in [0.717, 1.165) is 5.56 Å². The van der Waals surface area contributed by atoms with Crippen molar-refractivity contribution in [1.29, 1.82) is 0 Å². The molecule has 1 amide bonds. The third-order valence-corrected chi connectivity index (χ3v) is 4.20. The van der Waals surface area contributed by atoms with E-state index >= 15 is 0 Å². The summed E-state index contributed by atoms with van der Waals surface area (Å²) in [5.74, 6) is 1.10. The Bertz CT molecular complexity index is 834. The van der Waals surface area contributed by atoms with Gasteiger partial charge in [0.2, 0.25) is 0 Å². The molecule has 0 radical (unpaired) electrons. The molecule has 3 rings (SSSR count). The highest BCUT2D eigenvalue weighted by atomic mass is 16.6. The van der Waals surface area contributed by atoms with Gasteiger partial charge in [0, 0.05) is 17.7 Å². The lowest BCUT2D eigenvalue weighted by Gasteiger charge is -2.25. The van der Waals surface area contributed by atoms with Gasteiger partial charge >= 0.3 is 0 Å². The van der Waals surface area contributed by atoms with Gasteiger partial charge in [-0.1, -0.05) is 26.0 Å². The number of fused-ring (bicyclic) bond motifs is 1. The van der Waals surface area contributed by atoms with E-state index in [1.165, 1.54) is 18.2 Å². The van der Waals surface area contributed by atoms with Gasteiger partial charge in [0.05, 0.1) is 11.0 Å². The van der Waals surface area contributed by atoms with Crippen LogP contribution in [-0.2, 0) is 0 Å². The molecule has 1 aliphatic heterocycles. The molecule has 1 N–H and O–H groups in total. The number of ether oxygens (including phenoxy) is 2. The first-order valence-corrected chi connectivity index (χ1v) is 8.40. The minimum Gasteiger partial charge on any atom is -0.486 e. The molecule has 1 aliphatic rings. The number of nitro benzene ring substituents is 1. The Morgan fingerprint density at radius 2 is 1.85 bits per heavy atom. The van der Waals surface area contributed by atoms with E-state index in [1.54, 1.807) is 6.07 Å². The van der Waals surface area contributed by atoms with Crippen LogP contribution in [0.4, 0.5) is 5.69 Å². The summed E-state index contributed by atoms with van der Waals surface area (Å²) in [5, 5.41) is 13.9. The smallest absolute Gasteiger partial charge is 0.270 e. The van der Waals surface area contributed by atoms with E-state index in [-0.39, 0.29) is 29.1 Å². The van der Waals surface area contributed by atoms with Crippen LogP contribution in [0, 0.1) is 16.0 Å². The Balaban J connectivity index is 1.84. The van der Waals surface area contributed by atoms with E-state index in [0.29, 0.717) is 24.7 Å². The molecule has 0 aromatic heterocycles.